The van der Waals surface area contributed by atoms with Crippen LogP contribution in [0.2, 0.25) is 0 Å². The fourth-order valence-electron chi connectivity index (χ4n) is 3.41. The van der Waals surface area contributed by atoms with Crippen molar-refractivity contribution in [2.75, 3.05) is 38.2 Å². The molecule has 1 aliphatic heterocycles. The van der Waals surface area contributed by atoms with Crippen LogP contribution >= 0.6 is 0 Å². The zero-order valence-corrected chi connectivity index (χ0v) is 16.4. The summed E-state index contributed by atoms with van der Waals surface area (Å²) in [6.45, 7) is 6.98. The summed E-state index contributed by atoms with van der Waals surface area (Å²) in [5.74, 6) is 0.401. The Morgan fingerprint density at radius 3 is 2.79 bits per heavy atom. The van der Waals surface area contributed by atoms with E-state index in [-0.39, 0.29) is 11.7 Å². The second-order valence-corrected chi connectivity index (χ2v) is 7.11. The fourth-order valence-corrected chi connectivity index (χ4v) is 3.41. The second-order valence-electron chi connectivity index (χ2n) is 7.11. The highest BCUT2D eigenvalue weighted by Crippen LogP contribution is 2.32. The third-order valence-electron chi connectivity index (χ3n) is 4.93. The van der Waals surface area contributed by atoms with Crippen LogP contribution in [0.1, 0.15) is 28.8 Å². The van der Waals surface area contributed by atoms with Crippen LogP contribution in [0.3, 0.4) is 0 Å². The van der Waals surface area contributed by atoms with E-state index in [0.717, 1.165) is 49.4 Å². The topological polar surface area (TPSA) is 32.8 Å². The van der Waals surface area contributed by atoms with E-state index < -0.39 is 0 Å². The molecule has 0 aliphatic carbocycles. The van der Waals surface area contributed by atoms with Crippen LogP contribution in [0, 0.1) is 5.82 Å². The number of nitrogens with zero attached hydrogens (tertiary/aromatic N) is 2. The highest BCUT2D eigenvalue weighted by molar-refractivity contribution is 6.07. The van der Waals surface area contributed by atoms with Crippen molar-refractivity contribution in [3.8, 4) is 5.75 Å². The SMILES string of the molecule is C=CCN(C)CCCCOc1ccc2c(c1)CCN2C(=O)c1ccc(F)cc1. The summed E-state index contributed by atoms with van der Waals surface area (Å²) in [6.07, 6.45) is 4.78. The highest BCUT2D eigenvalue weighted by atomic mass is 19.1. The molecule has 4 nitrogen and oxygen atoms in total. The zero-order valence-electron chi connectivity index (χ0n) is 16.4. The fraction of sp³-hybridized carbons (Fsp3) is 0.348. The predicted octanol–water partition coefficient (Wildman–Crippen LogP) is 4.31. The lowest BCUT2D eigenvalue weighted by molar-refractivity contribution is 0.0989. The number of rotatable bonds is 9. The number of benzene rings is 2. The smallest absolute Gasteiger partial charge is 0.258 e. The van der Waals surface area contributed by atoms with Crippen molar-refractivity contribution >= 4 is 11.6 Å². The number of halogens is 1. The Hall–Kier alpha value is -2.66. The van der Waals surface area contributed by atoms with Gasteiger partial charge in [0.1, 0.15) is 11.6 Å². The van der Waals surface area contributed by atoms with E-state index in [1.165, 1.54) is 24.3 Å². The van der Waals surface area contributed by atoms with E-state index in [1.54, 1.807) is 4.90 Å². The summed E-state index contributed by atoms with van der Waals surface area (Å²) in [5, 5.41) is 0. The van der Waals surface area contributed by atoms with Gasteiger partial charge in [0.2, 0.25) is 0 Å². The molecule has 0 atom stereocenters. The maximum absolute atomic E-state index is 13.1. The first-order valence-electron chi connectivity index (χ1n) is 9.71. The number of anilines is 1. The maximum Gasteiger partial charge on any atom is 0.258 e. The van der Waals surface area contributed by atoms with Crippen molar-refractivity contribution in [1.29, 1.82) is 0 Å². The Morgan fingerprint density at radius 1 is 1.25 bits per heavy atom. The van der Waals surface area contributed by atoms with Gasteiger partial charge in [-0.15, -0.1) is 6.58 Å². The van der Waals surface area contributed by atoms with Gasteiger partial charge in [0, 0.05) is 24.3 Å². The summed E-state index contributed by atoms with van der Waals surface area (Å²) in [4.78, 5) is 16.7. The van der Waals surface area contributed by atoms with Crippen LogP contribution in [0.4, 0.5) is 10.1 Å². The number of ether oxygens (including phenoxy) is 1. The van der Waals surface area contributed by atoms with Crippen molar-refractivity contribution in [2.24, 2.45) is 0 Å². The van der Waals surface area contributed by atoms with Crippen LogP contribution in [-0.4, -0.2) is 44.1 Å². The van der Waals surface area contributed by atoms with E-state index in [4.69, 9.17) is 4.74 Å². The minimum Gasteiger partial charge on any atom is -0.494 e. The van der Waals surface area contributed by atoms with Crippen molar-refractivity contribution in [1.82, 2.24) is 4.90 Å². The standard InChI is InChI=1S/C23H27FN2O2/c1-3-13-25(2)14-4-5-16-28-21-10-11-22-19(17-21)12-15-26(22)23(27)18-6-8-20(24)9-7-18/h3,6-11,17H,1,4-5,12-16H2,2H3. The first-order chi connectivity index (χ1) is 13.6. The van der Waals surface area contributed by atoms with Crippen LogP contribution in [0.5, 0.6) is 5.75 Å². The number of fused-ring (bicyclic) bond motifs is 1. The van der Waals surface area contributed by atoms with E-state index in [9.17, 15) is 9.18 Å². The Kier molecular flexibility index (Phi) is 6.82. The zero-order chi connectivity index (χ0) is 19.9. The van der Waals surface area contributed by atoms with E-state index in [2.05, 4.69) is 18.5 Å². The average molecular weight is 382 g/mol. The lowest BCUT2D eigenvalue weighted by Gasteiger charge is -2.18. The van der Waals surface area contributed by atoms with Gasteiger partial charge in [0.25, 0.3) is 5.91 Å². The molecule has 5 heteroatoms. The maximum atomic E-state index is 13.1. The van der Waals surface area contributed by atoms with Crippen molar-refractivity contribution in [3.63, 3.8) is 0 Å². The molecule has 2 aromatic carbocycles. The predicted molar refractivity (Wildman–Crippen MR) is 111 cm³/mol. The number of amides is 1. The van der Waals surface area contributed by atoms with Gasteiger partial charge in [-0.1, -0.05) is 6.08 Å². The molecule has 1 amide bonds. The van der Waals surface area contributed by atoms with Gasteiger partial charge >= 0.3 is 0 Å². The molecular formula is C23H27FN2O2. The van der Waals surface area contributed by atoms with Gasteiger partial charge in [0.05, 0.1) is 6.61 Å². The largest absolute Gasteiger partial charge is 0.494 e. The minimum atomic E-state index is -0.340. The summed E-state index contributed by atoms with van der Waals surface area (Å²) in [5.41, 5.74) is 2.52. The van der Waals surface area contributed by atoms with E-state index in [0.29, 0.717) is 18.7 Å². The van der Waals surface area contributed by atoms with Crippen molar-refractivity contribution in [3.05, 3.63) is 72.1 Å². The Morgan fingerprint density at radius 2 is 2.04 bits per heavy atom. The second kappa shape index (κ2) is 9.51. The Bertz CT molecular complexity index is 820. The number of carbonyl (C=O) groups excluding carboxylic acids is 1. The lowest BCUT2D eigenvalue weighted by Crippen LogP contribution is -2.28. The van der Waals surface area contributed by atoms with Crippen LogP contribution in [0.25, 0.3) is 0 Å². The number of hydrogen-bond acceptors (Lipinski definition) is 3. The molecule has 28 heavy (non-hydrogen) atoms. The number of unbranched alkanes of at least 4 members (excludes halogenated alkanes) is 1. The molecule has 0 bridgehead atoms. The molecule has 0 N–H and O–H groups in total. The van der Waals surface area contributed by atoms with Crippen LogP contribution < -0.4 is 9.64 Å². The highest BCUT2D eigenvalue weighted by Gasteiger charge is 2.25. The summed E-state index contributed by atoms with van der Waals surface area (Å²) >= 11 is 0. The van der Waals surface area contributed by atoms with Crippen molar-refractivity contribution in [2.45, 2.75) is 19.3 Å². The minimum absolute atomic E-state index is 0.101. The monoisotopic (exact) mass is 382 g/mol. The molecule has 2 aromatic rings. The molecule has 0 saturated carbocycles. The normalized spacial score (nSPS) is 12.9. The molecule has 0 unspecified atom stereocenters. The summed E-state index contributed by atoms with van der Waals surface area (Å²) in [7, 11) is 2.09. The molecule has 0 spiro atoms. The molecule has 0 radical (unpaired) electrons. The molecule has 1 aliphatic rings. The molecule has 0 aromatic heterocycles. The first kappa shape index (κ1) is 20.1. The van der Waals surface area contributed by atoms with E-state index in [1.807, 2.05) is 24.3 Å². The number of carbonyl (C=O) groups is 1. The first-order valence-corrected chi connectivity index (χ1v) is 9.71. The van der Waals surface area contributed by atoms with Gasteiger partial charge < -0.3 is 14.5 Å². The van der Waals surface area contributed by atoms with E-state index >= 15 is 0 Å². The van der Waals surface area contributed by atoms with Crippen LogP contribution in [0.15, 0.2) is 55.1 Å². The van der Waals surface area contributed by atoms with Crippen molar-refractivity contribution < 1.29 is 13.9 Å². The summed E-state index contributed by atoms with van der Waals surface area (Å²) in [6, 6.07) is 11.6. The third kappa shape index (κ3) is 4.98. The molecule has 0 fully saturated rings. The number of hydrogen-bond donors (Lipinski definition) is 0. The van der Waals surface area contributed by atoms with Gasteiger partial charge in [-0.05, 0) is 80.9 Å². The quantitative estimate of drug-likeness (QED) is 0.479. The van der Waals surface area contributed by atoms with Gasteiger partial charge in [-0.3, -0.25) is 4.79 Å². The lowest BCUT2D eigenvalue weighted by atomic mass is 10.1. The Balaban J connectivity index is 1.53. The molecule has 1 heterocycles. The average Bonchev–Trinajstić information content (AvgIpc) is 3.11. The summed E-state index contributed by atoms with van der Waals surface area (Å²) < 4.78 is 19.0. The third-order valence-corrected chi connectivity index (χ3v) is 4.93. The molecular weight excluding hydrogens is 355 g/mol. The molecule has 148 valence electrons. The molecule has 0 saturated heterocycles. The molecule has 3 rings (SSSR count). The van der Waals surface area contributed by atoms with Gasteiger partial charge in [-0.25, -0.2) is 4.39 Å². The van der Waals surface area contributed by atoms with Gasteiger partial charge in [0.15, 0.2) is 0 Å². The number of likely N-dealkylation sites (N-methyl/N-ethyl adjacent to an activating group) is 1. The van der Waals surface area contributed by atoms with Gasteiger partial charge in [-0.2, -0.15) is 0 Å². The van der Waals surface area contributed by atoms with Crippen LogP contribution in [-0.2, 0) is 6.42 Å². The Labute approximate surface area is 166 Å².